The molecule has 1 aromatic rings. The van der Waals surface area contributed by atoms with Crippen LogP contribution in [0.2, 0.25) is 0 Å². The summed E-state index contributed by atoms with van der Waals surface area (Å²) in [6.07, 6.45) is 3.82. The van der Waals surface area contributed by atoms with Crippen molar-refractivity contribution in [3.8, 4) is 0 Å². The number of carbonyl (C=O) groups is 1. The van der Waals surface area contributed by atoms with Gasteiger partial charge in [0.2, 0.25) is 0 Å². The highest BCUT2D eigenvalue weighted by molar-refractivity contribution is 5.75. The molecular formula is C16H23NO2. The van der Waals surface area contributed by atoms with Gasteiger partial charge in [0, 0.05) is 12.6 Å². The monoisotopic (exact) mass is 261 g/mol. The molecule has 2 rings (SSSR count). The molecule has 1 heterocycles. The molecule has 1 saturated heterocycles. The van der Waals surface area contributed by atoms with E-state index in [4.69, 9.17) is 5.11 Å². The van der Waals surface area contributed by atoms with Crippen LogP contribution in [0.25, 0.3) is 0 Å². The lowest BCUT2D eigenvalue weighted by Gasteiger charge is -2.23. The summed E-state index contributed by atoms with van der Waals surface area (Å²) in [4.78, 5) is 13.5. The van der Waals surface area contributed by atoms with Crippen molar-refractivity contribution < 1.29 is 9.90 Å². The molecule has 19 heavy (non-hydrogen) atoms. The van der Waals surface area contributed by atoms with Gasteiger partial charge >= 0.3 is 5.97 Å². The summed E-state index contributed by atoms with van der Waals surface area (Å²) >= 11 is 0. The Morgan fingerprint density at radius 3 is 2.68 bits per heavy atom. The second-order valence-electron chi connectivity index (χ2n) is 5.48. The zero-order valence-electron chi connectivity index (χ0n) is 11.8. The Kier molecular flexibility index (Phi) is 4.59. The summed E-state index contributed by atoms with van der Waals surface area (Å²) in [5.74, 6) is -1.19. The van der Waals surface area contributed by atoms with E-state index in [1.807, 2.05) is 12.1 Å². The molecule has 1 N–H and O–H groups in total. The molecule has 0 spiro atoms. The Balaban J connectivity index is 2.00. The van der Waals surface area contributed by atoms with Crippen LogP contribution in [0.15, 0.2) is 24.3 Å². The average molecular weight is 261 g/mol. The highest BCUT2D eigenvalue weighted by Crippen LogP contribution is 2.23. The first kappa shape index (κ1) is 14.1. The standard InChI is InChI=1S/C16H23NO2/c1-3-15-5-4-10-17(15)11-13-6-8-14(9-7-13)12(2)16(18)19/h6-9,12,15H,3-5,10-11H2,1-2H3,(H,18,19). The van der Waals surface area contributed by atoms with Crippen molar-refractivity contribution in [3.05, 3.63) is 35.4 Å². The molecule has 0 amide bonds. The maximum absolute atomic E-state index is 10.9. The van der Waals surface area contributed by atoms with Crippen LogP contribution in [0, 0.1) is 0 Å². The summed E-state index contributed by atoms with van der Waals surface area (Å²) in [5.41, 5.74) is 2.16. The van der Waals surface area contributed by atoms with Crippen LogP contribution in [-0.4, -0.2) is 28.6 Å². The zero-order valence-corrected chi connectivity index (χ0v) is 11.8. The van der Waals surface area contributed by atoms with E-state index in [-0.39, 0.29) is 0 Å². The van der Waals surface area contributed by atoms with Gasteiger partial charge in [0.25, 0.3) is 0 Å². The minimum absolute atomic E-state index is 0.427. The fourth-order valence-electron chi connectivity index (χ4n) is 2.85. The van der Waals surface area contributed by atoms with Gasteiger partial charge in [0.1, 0.15) is 0 Å². The van der Waals surface area contributed by atoms with E-state index in [0.29, 0.717) is 0 Å². The van der Waals surface area contributed by atoms with E-state index in [9.17, 15) is 4.79 Å². The van der Waals surface area contributed by atoms with Crippen molar-refractivity contribution in [1.29, 1.82) is 0 Å². The van der Waals surface area contributed by atoms with Gasteiger partial charge in [-0.2, -0.15) is 0 Å². The van der Waals surface area contributed by atoms with Crippen LogP contribution in [0.1, 0.15) is 50.2 Å². The minimum Gasteiger partial charge on any atom is -0.481 e. The van der Waals surface area contributed by atoms with Gasteiger partial charge in [-0.3, -0.25) is 9.69 Å². The molecule has 0 bridgehead atoms. The number of likely N-dealkylation sites (tertiary alicyclic amines) is 1. The molecule has 2 atom stereocenters. The van der Waals surface area contributed by atoms with Crippen LogP contribution in [0.3, 0.4) is 0 Å². The minimum atomic E-state index is -0.765. The lowest BCUT2D eigenvalue weighted by molar-refractivity contribution is -0.138. The topological polar surface area (TPSA) is 40.5 Å². The van der Waals surface area contributed by atoms with Crippen molar-refractivity contribution in [3.63, 3.8) is 0 Å². The molecule has 1 aliphatic heterocycles. The van der Waals surface area contributed by atoms with Gasteiger partial charge in [-0.1, -0.05) is 31.2 Å². The Morgan fingerprint density at radius 1 is 1.42 bits per heavy atom. The normalized spacial score (nSPS) is 21.5. The molecule has 104 valence electrons. The Morgan fingerprint density at radius 2 is 2.11 bits per heavy atom. The molecular weight excluding hydrogens is 238 g/mol. The highest BCUT2D eigenvalue weighted by atomic mass is 16.4. The van der Waals surface area contributed by atoms with Crippen LogP contribution in [0.4, 0.5) is 0 Å². The lowest BCUT2D eigenvalue weighted by atomic mass is 10.00. The molecule has 2 unspecified atom stereocenters. The predicted molar refractivity (Wildman–Crippen MR) is 76.2 cm³/mol. The molecule has 0 aromatic heterocycles. The van der Waals surface area contributed by atoms with Crippen LogP contribution < -0.4 is 0 Å². The van der Waals surface area contributed by atoms with Crippen LogP contribution in [-0.2, 0) is 11.3 Å². The lowest BCUT2D eigenvalue weighted by Crippen LogP contribution is -2.28. The number of benzene rings is 1. The zero-order chi connectivity index (χ0) is 13.8. The summed E-state index contributed by atoms with van der Waals surface area (Å²) in [6.45, 7) is 6.15. The third-order valence-electron chi connectivity index (χ3n) is 4.21. The van der Waals surface area contributed by atoms with Gasteiger partial charge in [0.05, 0.1) is 5.92 Å². The summed E-state index contributed by atoms with van der Waals surface area (Å²) < 4.78 is 0. The van der Waals surface area contributed by atoms with Crippen molar-refractivity contribution in [2.24, 2.45) is 0 Å². The molecule has 0 aliphatic carbocycles. The Hall–Kier alpha value is -1.35. The summed E-state index contributed by atoms with van der Waals surface area (Å²) in [7, 11) is 0. The van der Waals surface area contributed by atoms with Gasteiger partial charge in [-0.15, -0.1) is 0 Å². The third-order valence-corrected chi connectivity index (χ3v) is 4.21. The third kappa shape index (κ3) is 3.35. The average Bonchev–Trinajstić information content (AvgIpc) is 2.86. The number of carboxylic acid groups (broad SMARTS) is 1. The van der Waals surface area contributed by atoms with Crippen molar-refractivity contribution in [2.45, 2.75) is 51.6 Å². The second-order valence-corrected chi connectivity index (χ2v) is 5.48. The largest absolute Gasteiger partial charge is 0.481 e. The van der Waals surface area contributed by atoms with E-state index in [2.05, 4.69) is 24.0 Å². The van der Waals surface area contributed by atoms with Gasteiger partial charge < -0.3 is 5.11 Å². The maximum Gasteiger partial charge on any atom is 0.310 e. The quantitative estimate of drug-likeness (QED) is 0.884. The number of hydrogen-bond acceptors (Lipinski definition) is 2. The summed E-state index contributed by atoms with van der Waals surface area (Å²) in [6, 6.07) is 8.76. The smallest absolute Gasteiger partial charge is 0.310 e. The summed E-state index contributed by atoms with van der Waals surface area (Å²) in [5, 5.41) is 8.99. The second kappa shape index (κ2) is 6.20. The molecule has 1 fully saturated rings. The molecule has 1 aliphatic rings. The van der Waals surface area contributed by atoms with Crippen molar-refractivity contribution in [1.82, 2.24) is 4.90 Å². The van der Waals surface area contributed by atoms with Crippen LogP contribution >= 0.6 is 0 Å². The first-order chi connectivity index (χ1) is 9.11. The number of nitrogens with zero attached hydrogens (tertiary/aromatic N) is 1. The first-order valence-corrected chi connectivity index (χ1v) is 7.17. The van der Waals surface area contributed by atoms with E-state index in [0.717, 1.165) is 18.2 Å². The van der Waals surface area contributed by atoms with Gasteiger partial charge in [-0.05, 0) is 43.9 Å². The SMILES string of the molecule is CCC1CCCN1Cc1ccc(C(C)C(=O)O)cc1. The number of aliphatic carboxylic acids is 1. The van der Waals surface area contributed by atoms with Crippen molar-refractivity contribution in [2.75, 3.05) is 6.54 Å². The van der Waals surface area contributed by atoms with Gasteiger partial charge in [0.15, 0.2) is 0 Å². The Bertz CT molecular complexity index is 427. The molecule has 3 nitrogen and oxygen atoms in total. The van der Waals surface area contributed by atoms with E-state index in [1.54, 1.807) is 6.92 Å². The molecule has 1 aromatic carbocycles. The Labute approximate surface area is 115 Å². The van der Waals surface area contributed by atoms with Gasteiger partial charge in [-0.25, -0.2) is 0 Å². The van der Waals surface area contributed by atoms with Crippen LogP contribution in [0.5, 0.6) is 0 Å². The maximum atomic E-state index is 10.9. The van der Waals surface area contributed by atoms with E-state index >= 15 is 0 Å². The number of carboxylic acids is 1. The fourth-order valence-corrected chi connectivity index (χ4v) is 2.85. The molecule has 0 saturated carbocycles. The number of hydrogen-bond donors (Lipinski definition) is 1. The molecule has 3 heteroatoms. The first-order valence-electron chi connectivity index (χ1n) is 7.17. The number of rotatable bonds is 5. The fraction of sp³-hybridized carbons (Fsp3) is 0.562. The van der Waals surface area contributed by atoms with E-state index < -0.39 is 11.9 Å². The molecule has 0 radical (unpaired) electrons. The highest BCUT2D eigenvalue weighted by Gasteiger charge is 2.22. The van der Waals surface area contributed by atoms with Crippen molar-refractivity contribution >= 4 is 5.97 Å². The predicted octanol–water partition coefficient (Wildman–Crippen LogP) is 3.25. The van der Waals surface area contributed by atoms with E-state index in [1.165, 1.54) is 31.4 Å².